The summed E-state index contributed by atoms with van der Waals surface area (Å²) in [5.41, 5.74) is 5.90. The highest BCUT2D eigenvalue weighted by Crippen LogP contribution is 2.25. The smallest absolute Gasteiger partial charge is 0.0706 e. The van der Waals surface area contributed by atoms with Crippen LogP contribution in [0.1, 0.15) is 34.1 Å². The van der Waals surface area contributed by atoms with Crippen molar-refractivity contribution in [2.24, 2.45) is 5.73 Å². The highest BCUT2D eigenvalue weighted by Gasteiger charge is 2.34. The van der Waals surface area contributed by atoms with Gasteiger partial charge in [0.2, 0.25) is 0 Å². The Balaban J connectivity index is 2.56. The first-order valence-corrected chi connectivity index (χ1v) is 5.56. The van der Waals surface area contributed by atoms with Crippen LogP contribution in [-0.2, 0) is 4.74 Å². The molecule has 5 unspecified atom stereocenters. The van der Waals surface area contributed by atoms with Crippen LogP contribution in [0.3, 0.4) is 0 Å². The molecule has 84 valence electrons. The largest absolute Gasteiger partial charge is 0.374 e. The van der Waals surface area contributed by atoms with Crippen LogP contribution in [0.2, 0.25) is 0 Å². The van der Waals surface area contributed by atoms with E-state index in [9.17, 15) is 0 Å². The average Bonchev–Trinajstić information content (AvgIpc) is 2.42. The number of likely N-dealkylation sites (N-methyl/N-ethyl adjacent to an activating group) is 1. The van der Waals surface area contributed by atoms with E-state index in [1.54, 1.807) is 0 Å². The Morgan fingerprint density at radius 3 is 2.29 bits per heavy atom. The van der Waals surface area contributed by atoms with Gasteiger partial charge in [0.1, 0.15) is 0 Å². The maximum atomic E-state index is 5.90. The lowest BCUT2D eigenvalue weighted by Gasteiger charge is -2.34. The monoisotopic (exact) mass is 200 g/mol. The molecule has 5 atom stereocenters. The van der Waals surface area contributed by atoms with E-state index in [2.05, 4.69) is 39.6 Å². The first kappa shape index (κ1) is 12.0. The van der Waals surface area contributed by atoms with Gasteiger partial charge in [-0.1, -0.05) is 0 Å². The molecule has 0 aromatic carbocycles. The van der Waals surface area contributed by atoms with Crippen LogP contribution < -0.4 is 5.73 Å². The third-order valence-electron chi connectivity index (χ3n) is 3.49. The van der Waals surface area contributed by atoms with Crippen molar-refractivity contribution < 1.29 is 4.74 Å². The Labute approximate surface area is 87.6 Å². The van der Waals surface area contributed by atoms with Gasteiger partial charge >= 0.3 is 0 Å². The van der Waals surface area contributed by atoms with E-state index in [0.717, 1.165) is 6.42 Å². The van der Waals surface area contributed by atoms with Crippen molar-refractivity contribution in [1.29, 1.82) is 0 Å². The zero-order chi connectivity index (χ0) is 10.9. The topological polar surface area (TPSA) is 38.5 Å². The fourth-order valence-electron chi connectivity index (χ4n) is 2.21. The van der Waals surface area contributed by atoms with E-state index >= 15 is 0 Å². The lowest BCUT2D eigenvalue weighted by molar-refractivity contribution is 0.0372. The van der Waals surface area contributed by atoms with E-state index in [1.807, 2.05) is 0 Å². The highest BCUT2D eigenvalue weighted by molar-refractivity contribution is 4.88. The van der Waals surface area contributed by atoms with Crippen molar-refractivity contribution in [2.75, 3.05) is 7.05 Å². The minimum absolute atomic E-state index is 0.211. The predicted octanol–water partition coefficient (Wildman–Crippen LogP) is 1.22. The number of hydrogen-bond acceptors (Lipinski definition) is 3. The molecule has 0 spiro atoms. The normalized spacial score (nSPS) is 37.5. The summed E-state index contributed by atoms with van der Waals surface area (Å²) >= 11 is 0. The van der Waals surface area contributed by atoms with Crippen LogP contribution in [0.4, 0.5) is 0 Å². The number of nitrogens with zero attached hydrogens (tertiary/aromatic N) is 1. The maximum absolute atomic E-state index is 5.90. The van der Waals surface area contributed by atoms with E-state index in [-0.39, 0.29) is 6.04 Å². The van der Waals surface area contributed by atoms with Gasteiger partial charge in [-0.15, -0.1) is 0 Å². The van der Waals surface area contributed by atoms with Gasteiger partial charge in [-0.05, 0) is 41.2 Å². The lowest BCUT2D eigenvalue weighted by Crippen LogP contribution is -2.49. The van der Waals surface area contributed by atoms with Crippen LogP contribution >= 0.6 is 0 Å². The van der Waals surface area contributed by atoms with Crippen LogP contribution in [0.15, 0.2) is 0 Å². The molecule has 3 nitrogen and oxygen atoms in total. The van der Waals surface area contributed by atoms with Gasteiger partial charge in [0, 0.05) is 18.1 Å². The molecule has 1 aliphatic heterocycles. The summed E-state index contributed by atoms with van der Waals surface area (Å²) in [4.78, 5) is 2.36. The van der Waals surface area contributed by atoms with Crippen LogP contribution in [0.25, 0.3) is 0 Å². The summed E-state index contributed by atoms with van der Waals surface area (Å²) in [6.45, 7) is 8.53. The maximum Gasteiger partial charge on any atom is 0.0706 e. The molecule has 1 heterocycles. The molecule has 0 radical (unpaired) electrons. The van der Waals surface area contributed by atoms with Gasteiger partial charge in [0.25, 0.3) is 0 Å². The molecule has 0 aromatic rings. The second-order valence-electron chi connectivity index (χ2n) is 4.72. The summed E-state index contributed by atoms with van der Waals surface area (Å²) in [5, 5.41) is 0. The molecule has 0 aliphatic carbocycles. The van der Waals surface area contributed by atoms with Crippen molar-refractivity contribution >= 4 is 0 Å². The first-order chi connectivity index (χ1) is 6.43. The van der Waals surface area contributed by atoms with E-state index in [0.29, 0.717) is 24.3 Å². The lowest BCUT2D eigenvalue weighted by atomic mass is 10.0. The Hall–Kier alpha value is -0.120. The number of hydrogen-bond donors (Lipinski definition) is 1. The van der Waals surface area contributed by atoms with Crippen molar-refractivity contribution in [1.82, 2.24) is 4.90 Å². The Kier molecular flexibility index (Phi) is 3.93. The van der Waals surface area contributed by atoms with E-state index < -0.39 is 0 Å². The summed E-state index contributed by atoms with van der Waals surface area (Å²) in [6.07, 6.45) is 1.84. The third-order valence-corrected chi connectivity index (χ3v) is 3.49. The summed E-state index contributed by atoms with van der Waals surface area (Å²) in [5.74, 6) is 0. The molecule has 0 amide bonds. The zero-order valence-electron chi connectivity index (χ0n) is 10.0. The SMILES string of the molecule is CC1CC(N(C)C(C)C(C)N)C(C)O1. The number of ether oxygens (including phenoxy) is 1. The van der Waals surface area contributed by atoms with Crippen LogP contribution in [0.5, 0.6) is 0 Å². The third kappa shape index (κ3) is 2.47. The quantitative estimate of drug-likeness (QED) is 0.744. The number of rotatable bonds is 3. The van der Waals surface area contributed by atoms with Crippen molar-refractivity contribution in [3.8, 4) is 0 Å². The fourth-order valence-corrected chi connectivity index (χ4v) is 2.21. The summed E-state index contributed by atoms with van der Waals surface area (Å²) in [7, 11) is 2.15. The van der Waals surface area contributed by atoms with E-state index in [1.165, 1.54) is 0 Å². The minimum Gasteiger partial charge on any atom is -0.374 e. The van der Waals surface area contributed by atoms with Gasteiger partial charge < -0.3 is 10.5 Å². The molecule has 14 heavy (non-hydrogen) atoms. The molecule has 2 N–H and O–H groups in total. The summed E-state index contributed by atoms with van der Waals surface area (Å²) in [6, 6.07) is 1.14. The standard InChI is InChI=1S/C11H24N2O/c1-7-6-11(10(4)14-7)13(5)9(3)8(2)12/h7-11H,6,12H2,1-5H3. The minimum atomic E-state index is 0.211. The Bertz CT molecular complexity index is 184. The van der Waals surface area contributed by atoms with E-state index in [4.69, 9.17) is 10.5 Å². The van der Waals surface area contributed by atoms with Crippen LogP contribution in [-0.4, -0.2) is 42.3 Å². The molecule has 1 fully saturated rings. The number of nitrogens with two attached hydrogens (primary N) is 1. The van der Waals surface area contributed by atoms with Gasteiger partial charge in [0.05, 0.1) is 12.2 Å². The molecule has 0 bridgehead atoms. The molecule has 0 aromatic heterocycles. The summed E-state index contributed by atoms with van der Waals surface area (Å²) < 4.78 is 5.74. The van der Waals surface area contributed by atoms with Crippen LogP contribution in [0, 0.1) is 0 Å². The van der Waals surface area contributed by atoms with Gasteiger partial charge in [-0.25, -0.2) is 0 Å². The second-order valence-corrected chi connectivity index (χ2v) is 4.72. The predicted molar refractivity (Wildman–Crippen MR) is 59.3 cm³/mol. The molecule has 3 heteroatoms. The molecular formula is C11H24N2O. The molecular weight excluding hydrogens is 176 g/mol. The average molecular weight is 200 g/mol. The van der Waals surface area contributed by atoms with Gasteiger partial charge in [-0.2, -0.15) is 0 Å². The van der Waals surface area contributed by atoms with Crippen molar-refractivity contribution in [3.05, 3.63) is 0 Å². The highest BCUT2D eigenvalue weighted by atomic mass is 16.5. The van der Waals surface area contributed by atoms with Gasteiger partial charge in [-0.3, -0.25) is 4.90 Å². The molecule has 0 saturated carbocycles. The fraction of sp³-hybridized carbons (Fsp3) is 1.00. The molecule has 1 aliphatic rings. The first-order valence-electron chi connectivity index (χ1n) is 5.56. The Morgan fingerprint density at radius 2 is 1.93 bits per heavy atom. The molecule has 1 rings (SSSR count). The Morgan fingerprint density at radius 1 is 1.36 bits per heavy atom. The molecule has 1 saturated heterocycles. The zero-order valence-corrected chi connectivity index (χ0v) is 10.0. The van der Waals surface area contributed by atoms with Crippen molar-refractivity contribution in [2.45, 2.75) is 64.4 Å². The van der Waals surface area contributed by atoms with Crippen molar-refractivity contribution in [3.63, 3.8) is 0 Å². The second kappa shape index (κ2) is 4.60. The van der Waals surface area contributed by atoms with Gasteiger partial charge in [0.15, 0.2) is 0 Å².